The van der Waals surface area contributed by atoms with E-state index < -0.39 is 28.7 Å². The van der Waals surface area contributed by atoms with E-state index in [0.717, 1.165) is 0 Å². The topological polar surface area (TPSA) is 116 Å². The third kappa shape index (κ3) is 3.04. The lowest BCUT2D eigenvalue weighted by Crippen LogP contribution is -2.63. The first-order valence-electron chi connectivity index (χ1n) is 9.49. The van der Waals surface area contributed by atoms with Crippen molar-refractivity contribution >= 4 is 23.5 Å². The second kappa shape index (κ2) is 6.68. The predicted molar refractivity (Wildman–Crippen MR) is 109 cm³/mol. The van der Waals surface area contributed by atoms with Gasteiger partial charge in [0.15, 0.2) is 0 Å². The minimum absolute atomic E-state index is 0.0701. The summed E-state index contributed by atoms with van der Waals surface area (Å²) in [6, 6.07) is 2.46. The number of benzene rings is 1. The number of aromatic nitrogens is 2. The average molecular weight is 436 g/mol. The largest absolute Gasteiger partial charge is 0.376 e. The maximum absolute atomic E-state index is 14.7. The van der Waals surface area contributed by atoms with Gasteiger partial charge < -0.3 is 21.1 Å². The van der Waals surface area contributed by atoms with Crippen molar-refractivity contribution in [3.63, 3.8) is 0 Å². The van der Waals surface area contributed by atoms with Gasteiger partial charge in [0, 0.05) is 5.56 Å². The first-order chi connectivity index (χ1) is 13.9. The molecule has 3 heterocycles. The van der Waals surface area contributed by atoms with Crippen LogP contribution in [0.3, 0.4) is 0 Å². The maximum Gasteiger partial charge on any atom is 0.315 e. The van der Waals surface area contributed by atoms with Crippen LogP contribution in [0.1, 0.15) is 42.4 Å². The van der Waals surface area contributed by atoms with Crippen molar-refractivity contribution in [1.82, 2.24) is 14.7 Å². The van der Waals surface area contributed by atoms with Crippen LogP contribution in [-0.4, -0.2) is 46.4 Å². The molecule has 0 atom stereocenters. The van der Waals surface area contributed by atoms with Crippen molar-refractivity contribution in [2.75, 3.05) is 19.8 Å². The predicted octanol–water partition coefficient (Wildman–Crippen LogP) is 2.36. The molecule has 1 fully saturated rings. The van der Waals surface area contributed by atoms with E-state index in [2.05, 4.69) is 5.10 Å². The van der Waals surface area contributed by atoms with Gasteiger partial charge in [-0.1, -0.05) is 32.4 Å². The van der Waals surface area contributed by atoms with Crippen LogP contribution >= 0.6 is 11.6 Å². The van der Waals surface area contributed by atoms with E-state index in [1.165, 1.54) is 11.0 Å². The minimum atomic E-state index is -0.703. The van der Waals surface area contributed by atoms with Crippen LogP contribution in [-0.2, 0) is 22.2 Å². The monoisotopic (exact) mass is 435 g/mol. The summed E-state index contributed by atoms with van der Waals surface area (Å²) in [6.45, 7) is 6.63. The fraction of sp³-hybridized carbons (Fsp3) is 0.450. The SMILES string of the molecule is CC(C)(C)c1cc(-c2nn3c(c2C(N)=O)CN(C(N)=O)CC32COC2)cc(Cl)c1F. The molecule has 0 saturated carbocycles. The Morgan fingerprint density at radius 3 is 2.43 bits per heavy atom. The molecule has 0 bridgehead atoms. The number of hydrogen-bond acceptors (Lipinski definition) is 4. The van der Waals surface area contributed by atoms with Gasteiger partial charge in [-0.25, -0.2) is 9.18 Å². The number of amides is 3. The van der Waals surface area contributed by atoms with Crippen LogP contribution in [0.15, 0.2) is 12.1 Å². The number of nitrogens with two attached hydrogens (primary N) is 2. The van der Waals surface area contributed by atoms with Gasteiger partial charge in [0.2, 0.25) is 0 Å². The van der Waals surface area contributed by atoms with E-state index >= 15 is 0 Å². The third-order valence-electron chi connectivity index (χ3n) is 5.67. The number of carbonyl (C=O) groups is 2. The number of nitrogens with zero attached hydrogens (tertiary/aromatic N) is 3. The second-order valence-corrected chi connectivity index (χ2v) is 9.33. The van der Waals surface area contributed by atoms with Gasteiger partial charge in [-0.05, 0) is 23.1 Å². The molecule has 8 nitrogen and oxygen atoms in total. The summed E-state index contributed by atoms with van der Waals surface area (Å²) < 4.78 is 21.8. The van der Waals surface area contributed by atoms with E-state index in [0.29, 0.717) is 42.3 Å². The van der Waals surface area contributed by atoms with Crippen LogP contribution in [0.5, 0.6) is 0 Å². The molecule has 10 heteroatoms. The fourth-order valence-electron chi connectivity index (χ4n) is 4.09. The number of ether oxygens (including phenoxy) is 1. The molecule has 2 aliphatic rings. The van der Waals surface area contributed by atoms with Crippen LogP contribution in [0.25, 0.3) is 11.3 Å². The summed E-state index contributed by atoms with van der Waals surface area (Å²) in [5.74, 6) is -1.22. The van der Waals surface area contributed by atoms with Crippen molar-refractivity contribution < 1.29 is 18.7 Å². The lowest BCUT2D eigenvalue weighted by molar-refractivity contribution is -0.126. The van der Waals surface area contributed by atoms with Crippen LogP contribution in [0.2, 0.25) is 5.02 Å². The summed E-state index contributed by atoms with van der Waals surface area (Å²) in [6.07, 6.45) is 0. The first kappa shape index (κ1) is 20.6. The Morgan fingerprint density at radius 2 is 1.93 bits per heavy atom. The molecule has 1 aromatic carbocycles. The number of hydrogen-bond donors (Lipinski definition) is 2. The van der Waals surface area contributed by atoms with Crippen LogP contribution in [0, 0.1) is 5.82 Å². The number of carbonyl (C=O) groups excluding carboxylic acids is 2. The van der Waals surface area contributed by atoms with Gasteiger partial charge in [0.1, 0.15) is 17.1 Å². The molecule has 0 aliphatic carbocycles. The molecule has 1 spiro atoms. The second-order valence-electron chi connectivity index (χ2n) is 8.93. The van der Waals surface area contributed by atoms with Crippen molar-refractivity contribution in [2.24, 2.45) is 11.5 Å². The summed E-state index contributed by atoms with van der Waals surface area (Å²) in [5, 5.41) is 4.61. The summed E-state index contributed by atoms with van der Waals surface area (Å²) in [4.78, 5) is 25.8. The Kier molecular flexibility index (Phi) is 4.59. The zero-order chi connectivity index (χ0) is 22.0. The molecule has 0 unspecified atom stereocenters. The number of rotatable bonds is 2. The number of halogens is 2. The highest BCUT2D eigenvalue weighted by molar-refractivity contribution is 6.31. The molecular formula is C20H23ClFN5O3. The van der Waals surface area contributed by atoms with Crippen molar-refractivity contribution in [3.8, 4) is 11.3 Å². The average Bonchev–Trinajstić information content (AvgIpc) is 3.00. The Balaban J connectivity index is 1.96. The van der Waals surface area contributed by atoms with Crippen molar-refractivity contribution in [3.05, 3.63) is 39.8 Å². The molecule has 0 radical (unpaired) electrons. The van der Waals surface area contributed by atoms with Crippen LogP contribution in [0.4, 0.5) is 9.18 Å². The van der Waals surface area contributed by atoms with E-state index in [1.54, 1.807) is 10.7 Å². The number of primary amides is 2. The van der Waals surface area contributed by atoms with Crippen molar-refractivity contribution in [2.45, 2.75) is 38.3 Å². The summed E-state index contributed by atoms with van der Waals surface area (Å²) in [5.41, 5.74) is 11.9. The van der Waals surface area contributed by atoms with Gasteiger partial charge >= 0.3 is 6.03 Å². The highest BCUT2D eigenvalue weighted by atomic mass is 35.5. The lowest BCUT2D eigenvalue weighted by Gasteiger charge is -2.48. The molecule has 3 amide bonds. The first-order valence-corrected chi connectivity index (χ1v) is 9.86. The Morgan fingerprint density at radius 1 is 1.27 bits per heavy atom. The van der Waals surface area contributed by atoms with Crippen LogP contribution < -0.4 is 11.5 Å². The Hall–Kier alpha value is -2.65. The van der Waals surface area contributed by atoms with E-state index in [-0.39, 0.29) is 17.1 Å². The third-order valence-corrected chi connectivity index (χ3v) is 5.94. The molecule has 4 N–H and O–H groups in total. The molecule has 2 aromatic rings. The van der Waals surface area contributed by atoms with Gasteiger partial charge in [0.05, 0.1) is 42.6 Å². The van der Waals surface area contributed by atoms with Crippen molar-refractivity contribution in [1.29, 1.82) is 0 Å². The number of fused-ring (bicyclic) bond motifs is 2. The van der Waals surface area contributed by atoms with Gasteiger partial charge in [-0.15, -0.1) is 0 Å². The zero-order valence-corrected chi connectivity index (χ0v) is 17.7. The molecule has 1 aromatic heterocycles. The normalized spacial score (nSPS) is 17.6. The highest BCUT2D eigenvalue weighted by Gasteiger charge is 2.49. The van der Waals surface area contributed by atoms with E-state index in [9.17, 15) is 14.0 Å². The molecule has 2 aliphatic heterocycles. The Bertz CT molecular complexity index is 1070. The summed E-state index contributed by atoms with van der Waals surface area (Å²) >= 11 is 6.18. The Labute approximate surface area is 177 Å². The van der Waals surface area contributed by atoms with Gasteiger partial charge in [-0.3, -0.25) is 9.48 Å². The maximum atomic E-state index is 14.7. The van der Waals surface area contributed by atoms with Gasteiger partial charge in [-0.2, -0.15) is 5.10 Å². The quantitative estimate of drug-likeness (QED) is 0.752. The van der Waals surface area contributed by atoms with Gasteiger partial charge in [0.25, 0.3) is 5.91 Å². The number of urea groups is 1. The molecular weight excluding hydrogens is 413 g/mol. The zero-order valence-electron chi connectivity index (χ0n) is 17.0. The summed E-state index contributed by atoms with van der Waals surface area (Å²) in [7, 11) is 0. The molecule has 1 saturated heterocycles. The smallest absolute Gasteiger partial charge is 0.315 e. The minimum Gasteiger partial charge on any atom is -0.376 e. The lowest BCUT2D eigenvalue weighted by atomic mass is 9.85. The standard InChI is InChI=1S/C20H23ClFN5O3/c1-19(2,3)11-4-10(5-12(21)15(11)22)16-14(17(23)28)13-6-26(18(24)29)7-20(8-30-9-20)27(13)25-16/h4-5H,6-9H2,1-3H3,(H2,23,28)(H2,24,29). The molecule has 4 rings (SSSR count). The fourth-order valence-corrected chi connectivity index (χ4v) is 4.31. The highest BCUT2D eigenvalue weighted by Crippen LogP contribution is 2.40. The van der Waals surface area contributed by atoms with E-state index in [4.69, 9.17) is 27.8 Å². The molecule has 30 heavy (non-hydrogen) atoms. The molecule has 160 valence electrons. The van der Waals surface area contributed by atoms with E-state index in [1.807, 2.05) is 20.8 Å².